The quantitative estimate of drug-likeness (QED) is 0.412. The summed E-state index contributed by atoms with van der Waals surface area (Å²) in [7, 11) is 0. The molecule has 1 nitrogen and oxygen atoms in total. The molecule has 1 heteroatoms. The van der Waals surface area contributed by atoms with Crippen LogP contribution in [0.25, 0.3) is 0 Å². The molecule has 58 valence electrons. The number of carbonyl (C=O) groups excluding carboxylic acids is 1. The Bertz CT molecular complexity index is 254. The molecule has 0 aromatic rings. The molecule has 0 aliphatic heterocycles. The van der Waals surface area contributed by atoms with Gasteiger partial charge in [-0.3, -0.25) is 4.79 Å². The summed E-state index contributed by atoms with van der Waals surface area (Å²) in [5.41, 5.74) is 3.24. The normalized spacial score (nSPS) is 21.1. The SMILES string of the molecule is CC1=CC/C(=C(\C)C=O)C=C1. The first kappa shape index (κ1) is 7.99. The van der Waals surface area contributed by atoms with Crippen LogP contribution in [0.4, 0.5) is 0 Å². The van der Waals surface area contributed by atoms with Crippen molar-refractivity contribution < 1.29 is 4.79 Å². The molecule has 0 radical (unpaired) electrons. The van der Waals surface area contributed by atoms with Crippen LogP contribution in [-0.4, -0.2) is 6.29 Å². The van der Waals surface area contributed by atoms with Crippen LogP contribution in [0.2, 0.25) is 0 Å². The van der Waals surface area contributed by atoms with Gasteiger partial charge in [0, 0.05) is 0 Å². The van der Waals surface area contributed by atoms with Gasteiger partial charge in [0.15, 0.2) is 0 Å². The Hall–Kier alpha value is -1.11. The number of hydrogen-bond donors (Lipinski definition) is 0. The van der Waals surface area contributed by atoms with Crippen molar-refractivity contribution in [3.8, 4) is 0 Å². The van der Waals surface area contributed by atoms with Crippen LogP contribution in [0.3, 0.4) is 0 Å². The molecule has 0 aromatic heterocycles. The fraction of sp³-hybridized carbons (Fsp3) is 0.300. The van der Waals surface area contributed by atoms with Gasteiger partial charge in [0.1, 0.15) is 6.29 Å². The number of carbonyl (C=O) groups is 1. The van der Waals surface area contributed by atoms with E-state index in [-0.39, 0.29) is 0 Å². The minimum absolute atomic E-state index is 0.838. The zero-order valence-corrected chi connectivity index (χ0v) is 6.92. The zero-order chi connectivity index (χ0) is 8.27. The van der Waals surface area contributed by atoms with E-state index in [9.17, 15) is 4.79 Å². The van der Waals surface area contributed by atoms with Crippen molar-refractivity contribution in [3.05, 3.63) is 34.9 Å². The Kier molecular flexibility index (Phi) is 2.42. The molecule has 1 aliphatic rings. The first-order valence-electron chi connectivity index (χ1n) is 3.74. The van der Waals surface area contributed by atoms with Gasteiger partial charge in [0.2, 0.25) is 0 Å². The van der Waals surface area contributed by atoms with Crippen molar-refractivity contribution in [3.63, 3.8) is 0 Å². The van der Waals surface area contributed by atoms with Gasteiger partial charge in [-0.2, -0.15) is 0 Å². The highest BCUT2D eigenvalue weighted by molar-refractivity contribution is 5.75. The van der Waals surface area contributed by atoms with Gasteiger partial charge in [-0.25, -0.2) is 0 Å². The van der Waals surface area contributed by atoms with Crippen molar-refractivity contribution in [1.29, 1.82) is 0 Å². The summed E-state index contributed by atoms with van der Waals surface area (Å²) in [5.74, 6) is 0. The van der Waals surface area contributed by atoms with Crippen LogP contribution in [0.1, 0.15) is 20.3 Å². The first-order chi connectivity index (χ1) is 5.24. The van der Waals surface area contributed by atoms with Gasteiger partial charge in [-0.05, 0) is 31.4 Å². The molecule has 0 fully saturated rings. The van der Waals surface area contributed by atoms with Crippen LogP contribution >= 0.6 is 0 Å². The molecule has 0 spiro atoms. The molecule has 0 amide bonds. The van der Waals surface area contributed by atoms with Crippen molar-refractivity contribution in [2.24, 2.45) is 0 Å². The molecule has 1 aliphatic carbocycles. The highest BCUT2D eigenvalue weighted by atomic mass is 16.1. The summed E-state index contributed by atoms with van der Waals surface area (Å²) in [4.78, 5) is 10.4. The maximum absolute atomic E-state index is 10.4. The van der Waals surface area contributed by atoms with Crippen LogP contribution < -0.4 is 0 Å². The predicted molar refractivity (Wildman–Crippen MR) is 46.3 cm³/mol. The highest BCUT2D eigenvalue weighted by Crippen LogP contribution is 2.17. The molecule has 0 saturated carbocycles. The lowest BCUT2D eigenvalue weighted by Gasteiger charge is -2.06. The Balaban J connectivity index is 2.84. The highest BCUT2D eigenvalue weighted by Gasteiger charge is 2.00. The molecule has 0 bridgehead atoms. The summed E-state index contributed by atoms with van der Waals surface area (Å²) in [5, 5.41) is 0. The largest absolute Gasteiger partial charge is 0.298 e. The summed E-state index contributed by atoms with van der Waals surface area (Å²) >= 11 is 0. The predicted octanol–water partition coefficient (Wildman–Crippen LogP) is 2.41. The second-order valence-corrected chi connectivity index (χ2v) is 2.81. The van der Waals surface area contributed by atoms with E-state index in [1.165, 1.54) is 5.57 Å². The molecule has 0 heterocycles. The Morgan fingerprint density at radius 1 is 1.55 bits per heavy atom. The smallest absolute Gasteiger partial charge is 0.146 e. The monoisotopic (exact) mass is 148 g/mol. The summed E-state index contributed by atoms with van der Waals surface area (Å²) in [6, 6.07) is 0. The van der Waals surface area contributed by atoms with E-state index in [0.717, 1.165) is 23.9 Å². The van der Waals surface area contributed by atoms with Crippen molar-refractivity contribution >= 4 is 6.29 Å². The van der Waals surface area contributed by atoms with Crippen LogP contribution in [0.15, 0.2) is 34.9 Å². The van der Waals surface area contributed by atoms with Gasteiger partial charge in [0.25, 0.3) is 0 Å². The zero-order valence-electron chi connectivity index (χ0n) is 6.92. The van der Waals surface area contributed by atoms with E-state index in [1.54, 1.807) is 0 Å². The average molecular weight is 148 g/mol. The van der Waals surface area contributed by atoms with Crippen molar-refractivity contribution in [1.82, 2.24) is 0 Å². The first-order valence-corrected chi connectivity index (χ1v) is 3.74. The van der Waals surface area contributed by atoms with E-state index in [0.29, 0.717) is 0 Å². The molecule has 11 heavy (non-hydrogen) atoms. The third-order valence-corrected chi connectivity index (χ3v) is 1.87. The fourth-order valence-corrected chi connectivity index (χ4v) is 1.01. The maximum atomic E-state index is 10.4. The number of rotatable bonds is 1. The lowest BCUT2D eigenvalue weighted by Crippen LogP contribution is -1.90. The van der Waals surface area contributed by atoms with Gasteiger partial charge in [0.05, 0.1) is 0 Å². The summed E-state index contributed by atoms with van der Waals surface area (Å²) in [6.07, 6.45) is 7.98. The van der Waals surface area contributed by atoms with Crippen molar-refractivity contribution in [2.45, 2.75) is 20.3 Å². The Morgan fingerprint density at radius 2 is 2.27 bits per heavy atom. The lowest BCUT2D eigenvalue weighted by molar-refractivity contribution is -0.104. The summed E-state index contributed by atoms with van der Waals surface area (Å²) < 4.78 is 0. The van der Waals surface area contributed by atoms with Gasteiger partial charge in [-0.15, -0.1) is 0 Å². The van der Waals surface area contributed by atoms with E-state index >= 15 is 0 Å². The van der Waals surface area contributed by atoms with E-state index < -0.39 is 0 Å². The number of aldehydes is 1. The minimum Gasteiger partial charge on any atom is -0.298 e. The number of allylic oxidation sites excluding steroid dienone is 6. The second-order valence-electron chi connectivity index (χ2n) is 2.81. The minimum atomic E-state index is 0.838. The maximum Gasteiger partial charge on any atom is 0.146 e. The van der Waals surface area contributed by atoms with Gasteiger partial charge < -0.3 is 0 Å². The summed E-state index contributed by atoms with van der Waals surface area (Å²) in [6.45, 7) is 3.91. The van der Waals surface area contributed by atoms with E-state index in [2.05, 4.69) is 13.0 Å². The van der Waals surface area contributed by atoms with Gasteiger partial charge in [-0.1, -0.05) is 23.8 Å². The van der Waals surface area contributed by atoms with E-state index in [4.69, 9.17) is 0 Å². The molecule has 0 saturated heterocycles. The van der Waals surface area contributed by atoms with Crippen molar-refractivity contribution in [2.75, 3.05) is 0 Å². The van der Waals surface area contributed by atoms with E-state index in [1.807, 2.05) is 19.1 Å². The standard InChI is InChI=1S/C10H12O/c1-8-3-5-10(6-4-8)9(2)7-11/h3-5,7H,6H2,1-2H3/b10-9+. The molecule has 0 aromatic carbocycles. The van der Waals surface area contributed by atoms with Crippen LogP contribution in [-0.2, 0) is 4.79 Å². The van der Waals surface area contributed by atoms with Gasteiger partial charge >= 0.3 is 0 Å². The Morgan fingerprint density at radius 3 is 2.73 bits per heavy atom. The average Bonchev–Trinajstić information content (AvgIpc) is 2.05. The van der Waals surface area contributed by atoms with Crippen LogP contribution in [0.5, 0.6) is 0 Å². The molecular formula is C10H12O. The molecule has 0 atom stereocenters. The van der Waals surface area contributed by atoms with Crippen LogP contribution in [0, 0.1) is 0 Å². The fourth-order valence-electron chi connectivity index (χ4n) is 1.01. The molecule has 0 unspecified atom stereocenters. The third-order valence-electron chi connectivity index (χ3n) is 1.87. The second kappa shape index (κ2) is 3.33. The number of hydrogen-bond acceptors (Lipinski definition) is 1. The molecular weight excluding hydrogens is 136 g/mol. The Labute approximate surface area is 67.1 Å². The topological polar surface area (TPSA) is 17.1 Å². The lowest BCUT2D eigenvalue weighted by atomic mass is 10.00. The third kappa shape index (κ3) is 1.90. The molecule has 1 rings (SSSR count). The molecule has 0 N–H and O–H groups in total.